The molecular weight excluding hydrogens is 284 g/mol. The summed E-state index contributed by atoms with van der Waals surface area (Å²) in [6, 6.07) is 13.1. The fourth-order valence-electron chi connectivity index (χ4n) is 1.76. The first-order valence-electron chi connectivity index (χ1n) is 6.63. The van der Waals surface area contributed by atoms with Gasteiger partial charge in [0.1, 0.15) is 0 Å². The molecule has 0 aliphatic rings. The van der Waals surface area contributed by atoms with Gasteiger partial charge in [-0.1, -0.05) is 12.1 Å². The Morgan fingerprint density at radius 1 is 1.00 bits per heavy atom. The molecule has 0 fully saturated rings. The first-order chi connectivity index (χ1) is 10.5. The fraction of sp³-hybridized carbons (Fsp3) is 0.125. The lowest BCUT2D eigenvalue weighted by molar-refractivity contribution is -0.118. The highest BCUT2D eigenvalue weighted by Crippen LogP contribution is 2.24. The molecule has 0 bridgehead atoms. The third-order valence-electron chi connectivity index (χ3n) is 2.71. The molecule has 0 spiro atoms. The van der Waals surface area contributed by atoms with E-state index in [0.29, 0.717) is 11.4 Å². The van der Waals surface area contributed by atoms with Crippen molar-refractivity contribution in [3.63, 3.8) is 0 Å². The van der Waals surface area contributed by atoms with Crippen LogP contribution >= 0.6 is 0 Å². The summed E-state index contributed by atoms with van der Waals surface area (Å²) in [7, 11) is 0. The van der Waals surface area contributed by atoms with Gasteiger partial charge in [0, 0.05) is 18.3 Å². The van der Waals surface area contributed by atoms with Crippen molar-refractivity contribution in [3.05, 3.63) is 48.5 Å². The fourth-order valence-corrected chi connectivity index (χ4v) is 1.76. The first kappa shape index (κ1) is 15.4. The summed E-state index contributed by atoms with van der Waals surface area (Å²) in [5.74, 6) is -0.281. The third kappa shape index (κ3) is 4.52. The SMILES string of the molecule is CC(=O)Nc1ccc(NC(=O)COc2ccccc2O)cc1. The van der Waals surface area contributed by atoms with Crippen LogP contribution in [0.5, 0.6) is 11.5 Å². The molecule has 0 atom stereocenters. The van der Waals surface area contributed by atoms with E-state index in [2.05, 4.69) is 10.6 Å². The summed E-state index contributed by atoms with van der Waals surface area (Å²) >= 11 is 0. The summed E-state index contributed by atoms with van der Waals surface area (Å²) in [6.45, 7) is 1.21. The zero-order chi connectivity index (χ0) is 15.9. The van der Waals surface area contributed by atoms with Crippen LogP contribution < -0.4 is 15.4 Å². The number of hydrogen-bond donors (Lipinski definition) is 3. The number of aromatic hydroxyl groups is 1. The van der Waals surface area contributed by atoms with Crippen molar-refractivity contribution in [1.82, 2.24) is 0 Å². The number of phenolic OH excluding ortho intramolecular Hbond substituents is 1. The zero-order valence-electron chi connectivity index (χ0n) is 12.0. The van der Waals surface area contributed by atoms with Crippen LogP contribution in [0.25, 0.3) is 0 Å². The van der Waals surface area contributed by atoms with Gasteiger partial charge in [-0.3, -0.25) is 9.59 Å². The maximum atomic E-state index is 11.8. The number of anilines is 2. The van der Waals surface area contributed by atoms with Crippen molar-refractivity contribution >= 4 is 23.2 Å². The molecule has 6 heteroatoms. The molecule has 114 valence electrons. The average molecular weight is 300 g/mol. The highest BCUT2D eigenvalue weighted by molar-refractivity contribution is 5.93. The summed E-state index contributed by atoms with van der Waals surface area (Å²) in [5.41, 5.74) is 1.23. The number of carbonyl (C=O) groups excluding carboxylic acids is 2. The van der Waals surface area contributed by atoms with Gasteiger partial charge in [-0.15, -0.1) is 0 Å². The Hall–Kier alpha value is -3.02. The molecule has 0 saturated carbocycles. The predicted octanol–water partition coefficient (Wildman–Crippen LogP) is 2.37. The molecule has 0 heterocycles. The number of ether oxygens (including phenoxy) is 1. The minimum absolute atomic E-state index is 0.0186. The molecule has 2 rings (SSSR count). The number of hydrogen-bond acceptors (Lipinski definition) is 4. The van der Waals surface area contributed by atoms with Gasteiger partial charge in [0.2, 0.25) is 5.91 Å². The second-order valence-electron chi connectivity index (χ2n) is 4.56. The molecule has 0 aliphatic carbocycles. The molecule has 2 aromatic rings. The van der Waals surface area contributed by atoms with E-state index in [9.17, 15) is 14.7 Å². The number of nitrogens with one attached hydrogen (secondary N) is 2. The van der Waals surface area contributed by atoms with Crippen LogP contribution in [-0.2, 0) is 9.59 Å². The van der Waals surface area contributed by atoms with Gasteiger partial charge in [0.25, 0.3) is 5.91 Å². The average Bonchev–Trinajstić information content (AvgIpc) is 2.48. The summed E-state index contributed by atoms with van der Waals surface area (Å²) < 4.78 is 5.23. The molecule has 2 aromatic carbocycles. The Bertz CT molecular complexity index is 668. The predicted molar refractivity (Wildman–Crippen MR) is 83.0 cm³/mol. The van der Waals surface area contributed by atoms with Crippen LogP contribution in [0.2, 0.25) is 0 Å². The van der Waals surface area contributed by atoms with Crippen LogP contribution in [0.4, 0.5) is 11.4 Å². The lowest BCUT2D eigenvalue weighted by Crippen LogP contribution is -2.20. The molecule has 0 aliphatic heterocycles. The topological polar surface area (TPSA) is 87.7 Å². The number of benzene rings is 2. The number of rotatable bonds is 5. The van der Waals surface area contributed by atoms with E-state index in [4.69, 9.17) is 4.74 Å². The monoisotopic (exact) mass is 300 g/mol. The van der Waals surface area contributed by atoms with Crippen molar-refractivity contribution in [2.45, 2.75) is 6.92 Å². The molecule has 3 N–H and O–H groups in total. The quantitative estimate of drug-likeness (QED) is 0.791. The first-order valence-corrected chi connectivity index (χ1v) is 6.63. The van der Waals surface area contributed by atoms with Crippen LogP contribution in [-0.4, -0.2) is 23.5 Å². The number of para-hydroxylation sites is 2. The zero-order valence-corrected chi connectivity index (χ0v) is 12.0. The second kappa shape index (κ2) is 7.12. The minimum Gasteiger partial charge on any atom is -0.504 e. The molecular formula is C16H16N2O4. The smallest absolute Gasteiger partial charge is 0.262 e. The molecule has 0 unspecified atom stereocenters. The van der Waals surface area contributed by atoms with E-state index in [0.717, 1.165) is 0 Å². The van der Waals surface area contributed by atoms with Crippen molar-refractivity contribution in [2.75, 3.05) is 17.2 Å². The van der Waals surface area contributed by atoms with Crippen molar-refractivity contribution in [3.8, 4) is 11.5 Å². The Balaban J connectivity index is 1.87. The van der Waals surface area contributed by atoms with E-state index in [1.165, 1.54) is 13.0 Å². The maximum Gasteiger partial charge on any atom is 0.262 e. The number of carbonyl (C=O) groups is 2. The van der Waals surface area contributed by atoms with E-state index in [1.807, 2.05) is 0 Å². The molecule has 0 radical (unpaired) electrons. The van der Waals surface area contributed by atoms with Gasteiger partial charge < -0.3 is 20.5 Å². The Kier molecular flexibility index (Phi) is 4.98. The van der Waals surface area contributed by atoms with Crippen molar-refractivity contribution in [2.24, 2.45) is 0 Å². The highest BCUT2D eigenvalue weighted by atomic mass is 16.5. The van der Waals surface area contributed by atoms with Gasteiger partial charge in [-0.25, -0.2) is 0 Å². The van der Waals surface area contributed by atoms with Crippen LogP contribution in [0, 0.1) is 0 Å². The lowest BCUT2D eigenvalue weighted by atomic mass is 10.2. The van der Waals surface area contributed by atoms with Crippen LogP contribution in [0.1, 0.15) is 6.92 Å². The third-order valence-corrected chi connectivity index (χ3v) is 2.71. The van der Waals surface area contributed by atoms with E-state index in [-0.39, 0.29) is 29.9 Å². The van der Waals surface area contributed by atoms with E-state index in [1.54, 1.807) is 42.5 Å². The lowest BCUT2D eigenvalue weighted by Gasteiger charge is -2.09. The van der Waals surface area contributed by atoms with Gasteiger partial charge in [-0.05, 0) is 36.4 Å². The largest absolute Gasteiger partial charge is 0.504 e. The molecule has 22 heavy (non-hydrogen) atoms. The van der Waals surface area contributed by atoms with Gasteiger partial charge in [-0.2, -0.15) is 0 Å². The Morgan fingerprint density at radius 3 is 2.18 bits per heavy atom. The number of amides is 2. The minimum atomic E-state index is -0.351. The van der Waals surface area contributed by atoms with Gasteiger partial charge in [0.15, 0.2) is 18.1 Å². The summed E-state index contributed by atoms with van der Waals surface area (Å²) in [4.78, 5) is 22.7. The second-order valence-corrected chi connectivity index (χ2v) is 4.56. The van der Waals surface area contributed by atoms with Gasteiger partial charge in [0.05, 0.1) is 0 Å². The van der Waals surface area contributed by atoms with E-state index >= 15 is 0 Å². The molecule has 2 amide bonds. The number of phenols is 1. The molecule has 0 aromatic heterocycles. The van der Waals surface area contributed by atoms with Gasteiger partial charge >= 0.3 is 0 Å². The summed E-state index contributed by atoms with van der Waals surface area (Å²) in [5, 5.41) is 14.8. The normalized spacial score (nSPS) is 9.86. The highest BCUT2D eigenvalue weighted by Gasteiger charge is 2.06. The molecule has 0 saturated heterocycles. The van der Waals surface area contributed by atoms with Crippen molar-refractivity contribution < 1.29 is 19.4 Å². The van der Waals surface area contributed by atoms with Crippen molar-refractivity contribution in [1.29, 1.82) is 0 Å². The Labute approximate surface area is 127 Å². The van der Waals surface area contributed by atoms with E-state index < -0.39 is 0 Å². The Morgan fingerprint density at radius 2 is 1.59 bits per heavy atom. The van der Waals surface area contributed by atoms with Crippen LogP contribution in [0.3, 0.4) is 0 Å². The van der Waals surface area contributed by atoms with Crippen LogP contribution in [0.15, 0.2) is 48.5 Å². The standard InChI is InChI=1S/C16H16N2O4/c1-11(19)17-12-6-8-13(9-7-12)18-16(21)10-22-15-5-3-2-4-14(15)20/h2-9,20H,10H2,1H3,(H,17,19)(H,18,21). The molecule has 6 nitrogen and oxygen atoms in total. The summed E-state index contributed by atoms with van der Waals surface area (Å²) in [6.07, 6.45) is 0. The maximum absolute atomic E-state index is 11.8.